The zero-order valence-corrected chi connectivity index (χ0v) is 12.3. The smallest absolute Gasteiger partial charge is 0.323 e. The number of hydrogen-bond acceptors (Lipinski definition) is 4. The molecule has 1 amide bonds. The van der Waals surface area contributed by atoms with Gasteiger partial charge in [-0.15, -0.1) is 0 Å². The third-order valence-corrected chi connectivity index (χ3v) is 4.32. The number of carbonyl (C=O) groups is 2. The molecule has 0 heterocycles. The first kappa shape index (κ1) is 17.1. The van der Waals surface area contributed by atoms with E-state index in [4.69, 9.17) is 5.11 Å². The maximum atomic E-state index is 12.8. The lowest BCUT2D eigenvalue weighted by Crippen LogP contribution is -2.39. The third-order valence-electron chi connectivity index (χ3n) is 2.75. The number of benzene rings is 1. The highest BCUT2D eigenvalue weighted by molar-refractivity contribution is 7.92. The van der Waals surface area contributed by atoms with E-state index in [-0.39, 0.29) is 12.3 Å². The van der Waals surface area contributed by atoms with E-state index < -0.39 is 39.8 Å². The quantitative estimate of drug-likeness (QED) is 0.798. The van der Waals surface area contributed by atoms with Crippen molar-refractivity contribution in [3.8, 4) is 0 Å². The van der Waals surface area contributed by atoms with Gasteiger partial charge in [0.25, 0.3) is 0 Å². The summed E-state index contributed by atoms with van der Waals surface area (Å²) >= 11 is 0. The van der Waals surface area contributed by atoms with Crippen LogP contribution in [0.25, 0.3) is 0 Å². The van der Waals surface area contributed by atoms with Crippen LogP contribution in [0.5, 0.6) is 0 Å². The molecule has 0 unspecified atom stereocenters. The third kappa shape index (κ3) is 5.90. The van der Waals surface area contributed by atoms with Crippen molar-refractivity contribution in [2.75, 3.05) is 18.1 Å². The van der Waals surface area contributed by atoms with Crippen LogP contribution in [0.2, 0.25) is 0 Å². The van der Waals surface area contributed by atoms with Crippen LogP contribution in [0.3, 0.4) is 0 Å². The number of amides is 1. The molecule has 0 aliphatic heterocycles. The molecule has 0 spiro atoms. The van der Waals surface area contributed by atoms with Gasteiger partial charge in [0, 0.05) is 12.3 Å². The summed E-state index contributed by atoms with van der Waals surface area (Å²) in [6.45, 7) is 0.699. The highest BCUT2D eigenvalue weighted by Gasteiger charge is 2.22. The molecule has 0 fully saturated rings. The minimum Gasteiger partial charge on any atom is -0.480 e. The average Bonchev–Trinajstić information content (AvgIpc) is 2.39. The summed E-state index contributed by atoms with van der Waals surface area (Å²) in [6.07, 6.45) is 0. The maximum absolute atomic E-state index is 12.8. The molecule has 1 aromatic carbocycles. The Bertz CT molecular complexity index is 612. The second-order valence-electron chi connectivity index (χ2n) is 4.45. The lowest BCUT2D eigenvalue weighted by molar-refractivity contribution is -0.143. The molecule has 6 nitrogen and oxygen atoms in total. The Morgan fingerprint density at radius 1 is 1.24 bits per heavy atom. The summed E-state index contributed by atoms with van der Waals surface area (Å²) in [5.41, 5.74) is 0.514. The lowest BCUT2D eigenvalue weighted by Gasteiger charge is -2.20. The summed E-state index contributed by atoms with van der Waals surface area (Å²) in [4.78, 5) is 23.6. The topological polar surface area (TPSA) is 91.8 Å². The molecule has 0 radical (unpaired) electrons. The van der Waals surface area contributed by atoms with Crippen LogP contribution in [-0.2, 0) is 26.0 Å². The molecule has 21 heavy (non-hydrogen) atoms. The van der Waals surface area contributed by atoms with Crippen molar-refractivity contribution in [3.05, 3.63) is 35.6 Å². The molecule has 0 bridgehead atoms. The lowest BCUT2D eigenvalue weighted by atomic mass is 10.2. The van der Waals surface area contributed by atoms with E-state index in [2.05, 4.69) is 0 Å². The minimum absolute atomic E-state index is 0.0926. The van der Waals surface area contributed by atoms with E-state index in [1.54, 1.807) is 0 Å². The van der Waals surface area contributed by atoms with Gasteiger partial charge in [0.1, 0.15) is 18.1 Å². The molecule has 0 saturated heterocycles. The fourth-order valence-corrected chi connectivity index (χ4v) is 2.35. The van der Waals surface area contributed by atoms with Crippen LogP contribution in [0, 0.1) is 5.82 Å². The van der Waals surface area contributed by atoms with E-state index >= 15 is 0 Å². The van der Waals surface area contributed by atoms with Crippen LogP contribution in [0.15, 0.2) is 24.3 Å². The summed E-state index contributed by atoms with van der Waals surface area (Å²) in [5.74, 6) is -3.43. The van der Waals surface area contributed by atoms with Gasteiger partial charge in [-0.25, -0.2) is 12.8 Å². The molecule has 1 N–H and O–H groups in total. The largest absolute Gasteiger partial charge is 0.480 e. The molecule has 0 atom stereocenters. The highest BCUT2D eigenvalue weighted by Crippen LogP contribution is 2.08. The summed E-state index contributed by atoms with van der Waals surface area (Å²) in [7, 11) is -3.54. The van der Waals surface area contributed by atoms with Gasteiger partial charge in [0.15, 0.2) is 9.84 Å². The molecular formula is C13H16FNO5S. The van der Waals surface area contributed by atoms with Crippen LogP contribution >= 0.6 is 0 Å². The van der Waals surface area contributed by atoms with Gasteiger partial charge >= 0.3 is 5.97 Å². The van der Waals surface area contributed by atoms with Crippen molar-refractivity contribution in [2.24, 2.45) is 0 Å². The van der Waals surface area contributed by atoms with E-state index in [9.17, 15) is 22.4 Å². The predicted molar refractivity (Wildman–Crippen MR) is 73.8 cm³/mol. The Labute approximate surface area is 122 Å². The van der Waals surface area contributed by atoms with Crippen LogP contribution in [0.1, 0.15) is 12.5 Å². The van der Waals surface area contributed by atoms with Gasteiger partial charge in [-0.05, 0) is 17.7 Å². The van der Waals surface area contributed by atoms with Crippen LogP contribution < -0.4 is 0 Å². The predicted octanol–water partition coefficient (Wildman–Crippen LogP) is 0.674. The fraction of sp³-hybridized carbons (Fsp3) is 0.385. The number of carboxylic acids is 1. The Kier molecular flexibility index (Phi) is 5.83. The number of carboxylic acid groups (broad SMARTS) is 1. The van der Waals surface area contributed by atoms with Gasteiger partial charge in [0.2, 0.25) is 5.91 Å². The molecule has 0 saturated carbocycles. The van der Waals surface area contributed by atoms with E-state index in [1.807, 2.05) is 0 Å². The average molecular weight is 317 g/mol. The molecular weight excluding hydrogens is 301 g/mol. The highest BCUT2D eigenvalue weighted by atomic mass is 32.2. The van der Waals surface area contributed by atoms with Crippen molar-refractivity contribution in [1.82, 2.24) is 4.90 Å². The number of hydrogen-bond donors (Lipinski definition) is 1. The van der Waals surface area contributed by atoms with E-state index in [0.29, 0.717) is 5.56 Å². The number of sulfone groups is 1. The van der Waals surface area contributed by atoms with Gasteiger partial charge < -0.3 is 10.0 Å². The molecule has 0 aromatic heterocycles. The number of aliphatic carboxylic acids is 1. The van der Waals surface area contributed by atoms with Gasteiger partial charge in [-0.2, -0.15) is 0 Å². The molecule has 1 aromatic rings. The van der Waals surface area contributed by atoms with Crippen molar-refractivity contribution in [2.45, 2.75) is 13.5 Å². The zero-order chi connectivity index (χ0) is 16.0. The second kappa shape index (κ2) is 7.16. The molecule has 0 aliphatic rings. The molecule has 116 valence electrons. The standard InChI is InChI=1S/C13H16FNO5S/c1-2-21(19,20)9-12(16)15(8-13(17)18)7-10-3-5-11(14)6-4-10/h3-6H,2,7-9H2,1H3,(H,17,18). The Morgan fingerprint density at radius 2 is 1.81 bits per heavy atom. The minimum atomic E-state index is -3.54. The van der Waals surface area contributed by atoms with Gasteiger partial charge in [-0.3, -0.25) is 9.59 Å². The van der Waals surface area contributed by atoms with Gasteiger partial charge in [0.05, 0.1) is 0 Å². The number of carbonyl (C=O) groups excluding carboxylic acids is 1. The molecule has 8 heteroatoms. The SMILES string of the molecule is CCS(=O)(=O)CC(=O)N(CC(=O)O)Cc1ccc(F)cc1. The summed E-state index contributed by atoms with van der Waals surface area (Å²) in [5, 5.41) is 8.81. The van der Waals surface area contributed by atoms with Crippen molar-refractivity contribution >= 4 is 21.7 Å². The molecule has 0 aliphatic carbocycles. The monoisotopic (exact) mass is 317 g/mol. The maximum Gasteiger partial charge on any atom is 0.323 e. The first-order chi connectivity index (χ1) is 9.73. The van der Waals surface area contributed by atoms with Crippen LogP contribution in [-0.4, -0.2) is 48.4 Å². The van der Waals surface area contributed by atoms with Crippen LogP contribution in [0.4, 0.5) is 4.39 Å². The second-order valence-corrected chi connectivity index (χ2v) is 6.80. The Hall–Kier alpha value is -1.96. The Morgan fingerprint density at radius 3 is 2.29 bits per heavy atom. The normalized spacial score (nSPS) is 11.1. The molecule has 1 rings (SSSR count). The first-order valence-corrected chi connectivity index (χ1v) is 8.00. The zero-order valence-electron chi connectivity index (χ0n) is 11.5. The van der Waals surface area contributed by atoms with E-state index in [1.165, 1.54) is 31.2 Å². The van der Waals surface area contributed by atoms with E-state index in [0.717, 1.165) is 4.90 Å². The van der Waals surface area contributed by atoms with Gasteiger partial charge in [-0.1, -0.05) is 19.1 Å². The van der Waals surface area contributed by atoms with Crippen molar-refractivity contribution < 1.29 is 27.5 Å². The Balaban J connectivity index is 2.87. The fourth-order valence-electron chi connectivity index (χ4n) is 1.59. The first-order valence-electron chi connectivity index (χ1n) is 6.18. The summed E-state index contributed by atoms with van der Waals surface area (Å²) < 4.78 is 35.7. The number of rotatable bonds is 7. The summed E-state index contributed by atoms with van der Waals surface area (Å²) in [6, 6.07) is 5.18. The number of halogens is 1. The van der Waals surface area contributed by atoms with Crippen molar-refractivity contribution in [3.63, 3.8) is 0 Å². The van der Waals surface area contributed by atoms with Crippen molar-refractivity contribution in [1.29, 1.82) is 0 Å². The number of nitrogens with zero attached hydrogens (tertiary/aromatic N) is 1.